The van der Waals surface area contributed by atoms with E-state index in [1.54, 1.807) is 0 Å². The molecule has 0 N–H and O–H groups in total. The van der Waals surface area contributed by atoms with Crippen LogP contribution >= 0.6 is 0 Å². The lowest BCUT2D eigenvalue weighted by molar-refractivity contribution is 0.0878. The van der Waals surface area contributed by atoms with Gasteiger partial charge in [0.25, 0.3) is 0 Å². The van der Waals surface area contributed by atoms with Crippen LogP contribution in [0.2, 0.25) is 0 Å². The van der Waals surface area contributed by atoms with Crippen molar-refractivity contribution in [3.8, 4) is 0 Å². The van der Waals surface area contributed by atoms with Crippen LogP contribution in [0.4, 0.5) is 4.39 Å². The normalized spacial score (nSPS) is 16.7. The third-order valence-electron chi connectivity index (χ3n) is 3.60. The highest BCUT2D eigenvalue weighted by molar-refractivity contribution is 5.95. The van der Waals surface area contributed by atoms with E-state index in [9.17, 15) is 9.18 Å². The average Bonchev–Trinajstić information content (AvgIpc) is 3.21. The Hall–Kier alpha value is -1.29. The summed E-state index contributed by atoms with van der Waals surface area (Å²) in [6.07, 6.45) is 3.58. The van der Waals surface area contributed by atoms with Gasteiger partial charge in [-0.1, -0.05) is 20.8 Å². The van der Waals surface area contributed by atoms with E-state index in [1.165, 1.54) is 25.0 Å². The molecule has 4 heteroatoms. The predicted octanol–water partition coefficient (Wildman–Crippen LogP) is 3.16. The number of carbonyl (C=O) groups is 1. The number of rotatable bonds is 7. The molecule has 1 unspecified atom stereocenters. The molecule has 0 bridgehead atoms. The van der Waals surface area contributed by atoms with Gasteiger partial charge < -0.3 is 0 Å². The lowest BCUT2D eigenvalue weighted by Crippen LogP contribution is -2.36. The number of Topliss-reactive ketones (excluding diaryl/α,β-unsaturated/α-hetero) is 1. The molecule has 1 atom stereocenters. The third kappa shape index (κ3) is 4.10. The van der Waals surface area contributed by atoms with Crippen LogP contribution in [0.15, 0.2) is 18.3 Å². The van der Waals surface area contributed by atoms with Crippen LogP contribution in [0, 0.1) is 17.7 Å². The Morgan fingerprint density at radius 3 is 2.55 bits per heavy atom. The fourth-order valence-corrected chi connectivity index (χ4v) is 2.49. The first-order chi connectivity index (χ1) is 9.47. The Balaban J connectivity index is 1.97. The molecule has 2 rings (SSSR count). The third-order valence-corrected chi connectivity index (χ3v) is 3.60. The monoisotopic (exact) mass is 278 g/mol. The number of halogens is 1. The van der Waals surface area contributed by atoms with Gasteiger partial charge in [-0.3, -0.25) is 14.7 Å². The summed E-state index contributed by atoms with van der Waals surface area (Å²) in [5, 5.41) is 0. The van der Waals surface area contributed by atoms with Crippen molar-refractivity contribution in [2.24, 2.45) is 11.8 Å². The van der Waals surface area contributed by atoms with Crippen molar-refractivity contribution in [2.45, 2.75) is 39.7 Å². The molecule has 20 heavy (non-hydrogen) atoms. The lowest BCUT2D eigenvalue weighted by Gasteiger charge is -2.26. The molecule has 0 saturated heterocycles. The Kier molecular flexibility index (Phi) is 4.86. The first kappa shape index (κ1) is 15.1. The minimum Gasteiger partial charge on any atom is -0.299 e. The van der Waals surface area contributed by atoms with Crippen molar-refractivity contribution in [3.05, 3.63) is 29.8 Å². The number of hydrogen-bond acceptors (Lipinski definition) is 3. The number of pyridine rings is 1. The molecule has 1 aliphatic rings. The molecule has 1 heterocycles. The quantitative estimate of drug-likeness (QED) is 0.718. The number of nitrogens with zero attached hydrogens (tertiary/aromatic N) is 2. The summed E-state index contributed by atoms with van der Waals surface area (Å²) < 4.78 is 12.8. The minimum atomic E-state index is -0.409. The van der Waals surface area contributed by atoms with Gasteiger partial charge in [0.15, 0.2) is 5.78 Å². The van der Waals surface area contributed by atoms with Crippen LogP contribution in [0.5, 0.6) is 0 Å². The Morgan fingerprint density at radius 1 is 1.35 bits per heavy atom. The maximum absolute atomic E-state index is 12.8. The van der Waals surface area contributed by atoms with Gasteiger partial charge in [0.1, 0.15) is 11.5 Å². The van der Waals surface area contributed by atoms with E-state index in [-0.39, 0.29) is 11.7 Å². The Morgan fingerprint density at radius 2 is 2.05 bits per heavy atom. The molecule has 0 spiro atoms. The summed E-state index contributed by atoms with van der Waals surface area (Å²) in [5.41, 5.74) is 0.360. The van der Waals surface area contributed by atoms with Crippen LogP contribution < -0.4 is 0 Å². The zero-order valence-corrected chi connectivity index (χ0v) is 12.5. The first-order valence-electron chi connectivity index (χ1n) is 7.37. The number of carbonyl (C=O) groups excluding carboxylic acids is 1. The molecule has 3 nitrogen and oxygen atoms in total. The summed E-state index contributed by atoms with van der Waals surface area (Å²) in [6, 6.07) is 3.41. The molecule has 1 saturated carbocycles. The van der Waals surface area contributed by atoms with Gasteiger partial charge in [-0.05, 0) is 30.9 Å². The van der Waals surface area contributed by atoms with Crippen LogP contribution in [0.3, 0.4) is 0 Å². The largest absolute Gasteiger partial charge is 0.299 e. The molecule has 1 aromatic heterocycles. The maximum atomic E-state index is 12.8. The lowest BCUT2D eigenvalue weighted by atomic mass is 10.0. The Labute approximate surface area is 120 Å². The van der Waals surface area contributed by atoms with E-state index in [2.05, 4.69) is 23.7 Å². The van der Waals surface area contributed by atoms with Gasteiger partial charge in [0, 0.05) is 25.0 Å². The molecule has 0 radical (unpaired) electrons. The van der Waals surface area contributed by atoms with Gasteiger partial charge in [-0.25, -0.2) is 4.39 Å². The van der Waals surface area contributed by atoms with Crippen molar-refractivity contribution in [1.82, 2.24) is 9.88 Å². The topological polar surface area (TPSA) is 33.2 Å². The predicted molar refractivity (Wildman–Crippen MR) is 77.1 cm³/mol. The van der Waals surface area contributed by atoms with E-state index in [1.807, 2.05) is 6.92 Å². The highest BCUT2D eigenvalue weighted by Crippen LogP contribution is 2.28. The molecule has 1 aliphatic carbocycles. The zero-order chi connectivity index (χ0) is 14.7. The highest BCUT2D eigenvalue weighted by atomic mass is 19.1. The highest BCUT2D eigenvalue weighted by Gasteiger charge is 2.31. The summed E-state index contributed by atoms with van der Waals surface area (Å²) in [7, 11) is 0. The standard InChI is InChI=1S/C16H23FN2O/c1-11(2)9-19(14-5-6-14)10-12(3)16(20)15-7-4-13(17)8-18-15/h4,7-8,11-12,14H,5-6,9-10H2,1-3H3. The molecular weight excluding hydrogens is 255 g/mol. The van der Waals surface area contributed by atoms with Crippen LogP contribution in [0.1, 0.15) is 44.1 Å². The number of ketones is 1. The van der Waals surface area contributed by atoms with Gasteiger partial charge in [0.2, 0.25) is 0 Å². The van der Waals surface area contributed by atoms with E-state index in [4.69, 9.17) is 0 Å². The number of hydrogen-bond donors (Lipinski definition) is 0. The molecule has 110 valence electrons. The smallest absolute Gasteiger partial charge is 0.185 e. The van der Waals surface area contributed by atoms with Crippen molar-refractivity contribution < 1.29 is 9.18 Å². The van der Waals surface area contributed by atoms with Crippen LogP contribution in [-0.4, -0.2) is 34.8 Å². The summed E-state index contributed by atoms with van der Waals surface area (Å²) in [5.74, 6) is 0.0854. The Bertz CT molecular complexity index is 454. The second kappa shape index (κ2) is 6.44. The molecule has 0 aliphatic heterocycles. The summed E-state index contributed by atoms with van der Waals surface area (Å²) in [6.45, 7) is 8.12. The fourth-order valence-electron chi connectivity index (χ4n) is 2.49. The van der Waals surface area contributed by atoms with E-state index in [0.717, 1.165) is 19.3 Å². The van der Waals surface area contributed by atoms with E-state index < -0.39 is 5.82 Å². The van der Waals surface area contributed by atoms with Crippen molar-refractivity contribution in [1.29, 1.82) is 0 Å². The van der Waals surface area contributed by atoms with Gasteiger partial charge in [-0.2, -0.15) is 0 Å². The van der Waals surface area contributed by atoms with E-state index in [0.29, 0.717) is 17.7 Å². The van der Waals surface area contributed by atoms with Gasteiger partial charge in [-0.15, -0.1) is 0 Å². The van der Waals surface area contributed by atoms with E-state index >= 15 is 0 Å². The van der Waals surface area contributed by atoms with Gasteiger partial charge >= 0.3 is 0 Å². The average molecular weight is 278 g/mol. The zero-order valence-electron chi connectivity index (χ0n) is 12.5. The molecule has 1 aromatic rings. The summed E-state index contributed by atoms with van der Waals surface area (Å²) in [4.78, 5) is 18.6. The molecule has 1 fully saturated rings. The van der Waals surface area contributed by atoms with Crippen LogP contribution in [-0.2, 0) is 0 Å². The minimum absolute atomic E-state index is 0.000550. The fraction of sp³-hybridized carbons (Fsp3) is 0.625. The first-order valence-corrected chi connectivity index (χ1v) is 7.37. The molecule has 0 aromatic carbocycles. The molecular formula is C16H23FN2O. The molecule has 0 amide bonds. The second-order valence-electron chi connectivity index (χ2n) is 6.21. The van der Waals surface area contributed by atoms with Gasteiger partial charge in [0.05, 0.1) is 6.20 Å². The van der Waals surface area contributed by atoms with Crippen molar-refractivity contribution in [3.63, 3.8) is 0 Å². The SMILES string of the molecule is CC(C)CN(CC(C)C(=O)c1ccc(F)cn1)C1CC1. The van der Waals surface area contributed by atoms with Crippen molar-refractivity contribution in [2.75, 3.05) is 13.1 Å². The second-order valence-corrected chi connectivity index (χ2v) is 6.21. The van der Waals surface area contributed by atoms with Crippen LogP contribution in [0.25, 0.3) is 0 Å². The summed E-state index contributed by atoms with van der Waals surface area (Å²) >= 11 is 0. The maximum Gasteiger partial charge on any atom is 0.185 e. The van der Waals surface area contributed by atoms with Crippen molar-refractivity contribution >= 4 is 5.78 Å². The number of aromatic nitrogens is 1.